The summed E-state index contributed by atoms with van der Waals surface area (Å²) in [5.74, 6) is 1.09. The number of halogens is 3. The molecular weight excluding hydrogens is 274 g/mol. The molecule has 0 fully saturated rings. The second kappa shape index (κ2) is 5.59. The quantitative estimate of drug-likeness (QED) is 0.693. The molecule has 0 saturated heterocycles. The number of benzene rings is 2. The third-order valence-electron chi connectivity index (χ3n) is 2.54. The van der Waals surface area contributed by atoms with Crippen molar-refractivity contribution in [3.05, 3.63) is 58.4 Å². The summed E-state index contributed by atoms with van der Waals surface area (Å²) in [6.07, 6.45) is 0. The highest BCUT2D eigenvalue weighted by Crippen LogP contribution is 2.35. The van der Waals surface area contributed by atoms with Crippen molar-refractivity contribution in [3.63, 3.8) is 0 Å². The van der Waals surface area contributed by atoms with Crippen LogP contribution in [-0.4, -0.2) is 0 Å². The Labute approximate surface area is 115 Å². The van der Waals surface area contributed by atoms with E-state index in [1.165, 1.54) is 12.1 Å². The molecule has 2 rings (SSSR count). The van der Waals surface area contributed by atoms with Gasteiger partial charge in [-0.05, 0) is 36.8 Å². The van der Waals surface area contributed by atoms with Gasteiger partial charge in [0.15, 0.2) is 0 Å². The van der Waals surface area contributed by atoms with E-state index in [1.54, 1.807) is 19.1 Å². The number of hydrogen-bond acceptors (Lipinski definition) is 1. The van der Waals surface area contributed by atoms with Crippen LogP contribution in [0.1, 0.15) is 11.1 Å². The van der Waals surface area contributed by atoms with Crippen molar-refractivity contribution in [1.82, 2.24) is 0 Å². The van der Waals surface area contributed by atoms with Crippen molar-refractivity contribution >= 4 is 23.2 Å². The summed E-state index contributed by atoms with van der Waals surface area (Å²) in [7, 11) is 0. The fraction of sp³-hybridized carbons (Fsp3) is 0.143. The molecule has 0 aliphatic heterocycles. The van der Waals surface area contributed by atoms with Gasteiger partial charge in [0.05, 0.1) is 10.9 Å². The zero-order valence-corrected chi connectivity index (χ0v) is 11.2. The minimum atomic E-state index is -0.295. The van der Waals surface area contributed by atoms with Gasteiger partial charge in [0, 0.05) is 5.56 Å². The summed E-state index contributed by atoms with van der Waals surface area (Å²) in [4.78, 5) is 0. The average Bonchev–Trinajstić information content (AvgIpc) is 2.34. The number of para-hydroxylation sites is 1. The Bertz CT molecular complexity index is 570. The second-order valence-corrected chi connectivity index (χ2v) is 4.55. The molecule has 0 saturated carbocycles. The molecule has 2 aromatic carbocycles. The summed E-state index contributed by atoms with van der Waals surface area (Å²) in [5.41, 5.74) is 1.50. The molecule has 0 radical (unpaired) electrons. The fourth-order valence-corrected chi connectivity index (χ4v) is 2.05. The van der Waals surface area contributed by atoms with Crippen molar-refractivity contribution < 1.29 is 9.13 Å². The molecule has 0 bridgehead atoms. The number of hydrogen-bond donors (Lipinski definition) is 0. The molecule has 0 unspecified atom stereocenters. The maximum absolute atomic E-state index is 13.0. The van der Waals surface area contributed by atoms with Crippen LogP contribution in [0.25, 0.3) is 0 Å². The van der Waals surface area contributed by atoms with Crippen LogP contribution < -0.4 is 4.74 Å². The first-order valence-electron chi connectivity index (χ1n) is 5.39. The molecule has 0 aliphatic rings. The van der Waals surface area contributed by atoms with E-state index in [2.05, 4.69) is 0 Å². The standard InChI is InChI=1S/C14H11Cl2FO/c1-9-7-11(17)5-6-13(9)18-14-10(8-15)3-2-4-12(14)16/h2-7H,8H2,1H3. The van der Waals surface area contributed by atoms with E-state index in [0.717, 1.165) is 5.56 Å². The van der Waals surface area contributed by atoms with Gasteiger partial charge in [0.25, 0.3) is 0 Å². The van der Waals surface area contributed by atoms with Gasteiger partial charge in [-0.25, -0.2) is 4.39 Å². The van der Waals surface area contributed by atoms with Crippen LogP contribution in [-0.2, 0) is 5.88 Å². The van der Waals surface area contributed by atoms with E-state index < -0.39 is 0 Å². The van der Waals surface area contributed by atoms with Crippen LogP contribution >= 0.6 is 23.2 Å². The number of alkyl halides is 1. The van der Waals surface area contributed by atoms with Crippen molar-refractivity contribution in [3.8, 4) is 11.5 Å². The maximum Gasteiger partial charge on any atom is 0.150 e. The monoisotopic (exact) mass is 284 g/mol. The van der Waals surface area contributed by atoms with Crippen molar-refractivity contribution in [2.45, 2.75) is 12.8 Å². The number of aryl methyl sites for hydroxylation is 1. The molecular formula is C14H11Cl2FO. The Kier molecular flexibility index (Phi) is 4.10. The Hall–Kier alpha value is -1.25. The average molecular weight is 285 g/mol. The van der Waals surface area contributed by atoms with Crippen LogP contribution in [0.15, 0.2) is 36.4 Å². The molecule has 2 aromatic rings. The highest BCUT2D eigenvalue weighted by atomic mass is 35.5. The summed E-state index contributed by atoms with van der Waals surface area (Å²) in [6.45, 7) is 1.77. The van der Waals surface area contributed by atoms with Gasteiger partial charge in [-0.2, -0.15) is 0 Å². The SMILES string of the molecule is Cc1cc(F)ccc1Oc1c(Cl)cccc1CCl. The van der Waals surface area contributed by atoms with Crippen molar-refractivity contribution in [2.75, 3.05) is 0 Å². The zero-order valence-electron chi connectivity index (χ0n) is 9.71. The highest BCUT2D eigenvalue weighted by molar-refractivity contribution is 6.32. The van der Waals surface area contributed by atoms with Crippen molar-refractivity contribution in [1.29, 1.82) is 0 Å². The maximum atomic E-state index is 13.0. The third kappa shape index (κ3) is 2.77. The molecule has 18 heavy (non-hydrogen) atoms. The molecule has 0 heterocycles. The first-order valence-corrected chi connectivity index (χ1v) is 6.30. The molecule has 0 amide bonds. The van der Waals surface area contributed by atoms with Crippen LogP contribution in [0, 0.1) is 12.7 Å². The van der Waals surface area contributed by atoms with Crippen LogP contribution in [0.3, 0.4) is 0 Å². The van der Waals surface area contributed by atoms with Gasteiger partial charge in [-0.15, -0.1) is 11.6 Å². The van der Waals surface area contributed by atoms with Crippen molar-refractivity contribution in [2.24, 2.45) is 0 Å². The number of rotatable bonds is 3. The Morgan fingerprint density at radius 3 is 2.67 bits per heavy atom. The molecule has 0 N–H and O–H groups in total. The largest absolute Gasteiger partial charge is 0.455 e. The fourth-order valence-electron chi connectivity index (χ4n) is 1.61. The van der Waals surface area contributed by atoms with Gasteiger partial charge < -0.3 is 4.74 Å². The van der Waals surface area contributed by atoms with Crippen LogP contribution in [0.5, 0.6) is 11.5 Å². The lowest BCUT2D eigenvalue weighted by Gasteiger charge is -2.13. The van der Waals surface area contributed by atoms with Gasteiger partial charge in [0.1, 0.15) is 17.3 Å². The summed E-state index contributed by atoms with van der Waals surface area (Å²) < 4.78 is 18.7. The van der Waals surface area contributed by atoms with Gasteiger partial charge in [0.2, 0.25) is 0 Å². The molecule has 94 valence electrons. The lowest BCUT2D eigenvalue weighted by molar-refractivity contribution is 0.472. The minimum Gasteiger partial charge on any atom is -0.455 e. The summed E-state index contributed by atoms with van der Waals surface area (Å²) >= 11 is 11.9. The number of ether oxygens (including phenoxy) is 1. The smallest absolute Gasteiger partial charge is 0.150 e. The topological polar surface area (TPSA) is 9.23 Å². The second-order valence-electron chi connectivity index (χ2n) is 3.87. The third-order valence-corrected chi connectivity index (χ3v) is 3.13. The lowest BCUT2D eigenvalue weighted by atomic mass is 10.2. The first kappa shape index (κ1) is 13.2. The lowest BCUT2D eigenvalue weighted by Crippen LogP contribution is -1.93. The molecule has 4 heteroatoms. The Balaban J connectivity index is 2.39. The molecule has 0 spiro atoms. The predicted molar refractivity (Wildman–Crippen MR) is 72.2 cm³/mol. The highest BCUT2D eigenvalue weighted by Gasteiger charge is 2.10. The molecule has 0 atom stereocenters. The van der Waals surface area contributed by atoms with Gasteiger partial charge in [-0.3, -0.25) is 0 Å². The Morgan fingerprint density at radius 1 is 1.22 bits per heavy atom. The molecule has 0 aromatic heterocycles. The normalized spacial score (nSPS) is 10.4. The molecule has 0 aliphatic carbocycles. The molecule has 1 nitrogen and oxygen atoms in total. The summed E-state index contributed by atoms with van der Waals surface area (Å²) in [5, 5.41) is 0.483. The summed E-state index contributed by atoms with van der Waals surface area (Å²) in [6, 6.07) is 9.71. The van der Waals surface area contributed by atoms with E-state index in [1.807, 2.05) is 12.1 Å². The van der Waals surface area contributed by atoms with Crippen LogP contribution in [0.2, 0.25) is 5.02 Å². The van der Waals surface area contributed by atoms with E-state index >= 15 is 0 Å². The van der Waals surface area contributed by atoms with E-state index in [0.29, 0.717) is 28.0 Å². The van der Waals surface area contributed by atoms with Gasteiger partial charge >= 0.3 is 0 Å². The minimum absolute atomic E-state index is 0.295. The Morgan fingerprint density at radius 2 is 2.00 bits per heavy atom. The van der Waals surface area contributed by atoms with Crippen LogP contribution in [0.4, 0.5) is 4.39 Å². The van der Waals surface area contributed by atoms with E-state index in [9.17, 15) is 4.39 Å². The van der Waals surface area contributed by atoms with Gasteiger partial charge in [-0.1, -0.05) is 23.7 Å². The zero-order chi connectivity index (χ0) is 13.1. The van der Waals surface area contributed by atoms with E-state index in [4.69, 9.17) is 27.9 Å². The van der Waals surface area contributed by atoms with E-state index in [-0.39, 0.29) is 5.82 Å². The first-order chi connectivity index (χ1) is 8.61. The predicted octanol–water partition coefficient (Wildman–Crippen LogP) is 5.32.